The van der Waals surface area contributed by atoms with Gasteiger partial charge in [0.1, 0.15) is 19.0 Å². The summed E-state index contributed by atoms with van der Waals surface area (Å²) in [5.74, 6) is -3.39. The fourth-order valence-corrected chi connectivity index (χ4v) is 4.22. The lowest BCUT2D eigenvalue weighted by Gasteiger charge is -2.35. The number of hydrogen-bond acceptors (Lipinski definition) is 6. The Balaban J connectivity index is 1.94. The van der Waals surface area contributed by atoms with Crippen LogP contribution in [0.15, 0.2) is 91.0 Å². The molecule has 0 fully saturated rings. The summed E-state index contributed by atoms with van der Waals surface area (Å²) in [5.41, 5.74) is -8.22. The summed E-state index contributed by atoms with van der Waals surface area (Å²) < 4.78 is 106. The van der Waals surface area contributed by atoms with Crippen LogP contribution in [0.2, 0.25) is 0 Å². The Labute approximate surface area is 237 Å². The Morgan fingerprint density at radius 1 is 0.667 bits per heavy atom. The second-order valence-electron chi connectivity index (χ2n) is 8.89. The number of benzene rings is 3. The molecule has 0 radical (unpaired) electrons. The van der Waals surface area contributed by atoms with Crippen LogP contribution in [-0.4, -0.2) is 57.7 Å². The zero-order valence-corrected chi connectivity index (χ0v) is 22.4. The lowest BCUT2D eigenvalue weighted by Crippen LogP contribution is -2.59. The quantitative estimate of drug-likeness (QED) is 0.225. The molecule has 0 bridgehead atoms. The van der Waals surface area contributed by atoms with Crippen molar-refractivity contribution in [3.8, 4) is 5.75 Å². The number of carbonyl (C=O) groups is 2. The van der Waals surface area contributed by atoms with E-state index in [-0.39, 0.29) is 5.75 Å². The molecule has 13 heteroatoms. The minimum Gasteiger partial charge on any atom is -0.491 e. The molecule has 0 aliphatic rings. The van der Waals surface area contributed by atoms with E-state index in [0.717, 1.165) is 24.3 Å². The van der Waals surface area contributed by atoms with Crippen LogP contribution in [0.3, 0.4) is 0 Å². The molecule has 42 heavy (non-hydrogen) atoms. The van der Waals surface area contributed by atoms with Crippen molar-refractivity contribution in [1.82, 2.24) is 5.32 Å². The molecule has 0 aliphatic heterocycles. The van der Waals surface area contributed by atoms with Crippen LogP contribution >= 0.6 is 0 Å². The van der Waals surface area contributed by atoms with Crippen LogP contribution in [0.4, 0.5) is 26.3 Å². The number of rotatable bonds is 12. The maximum absolute atomic E-state index is 14.4. The Hall–Kier alpha value is -4.10. The van der Waals surface area contributed by atoms with Crippen LogP contribution in [0.5, 0.6) is 5.75 Å². The van der Waals surface area contributed by atoms with Crippen molar-refractivity contribution in [2.45, 2.75) is 29.6 Å². The van der Waals surface area contributed by atoms with E-state index in [0.29, 0.717) is 14.2 Å². The summed E-state index contributed by atoms with van der Waals surface area (Å²) in [4.78, 5) is 26.3. The van der Waals surface area contributed by atoms with Crippen LogP contribution < -0.4 is 10.1 Å². The summed E-state index contributed by atoms with van der Waals surface area (Å²) in [6.45, 7) is -1.61. The molecule has 1 amide bonds. The molecule has 1 N–H and O–H groups in total. The Bertz CT molecular complexity index is 1310. The van der Waals surface area contributed by atoms with E-state index in [1.165, 1.54) is 48.5 Å². The number of hydrogen-bond donors (Lipinski definition) is 1. The molecule has 0 spiro atoms. The molecule has 3 rings (SSSR count). The monoisotopic (exact) mass is 599 g/mol. The smallest absolute Gasteiger partial charge is 0.432 e. The van der Waals surface area contributed by atoms with Crippen molar-refractivity contribution in [1.29, 1.82) is 0 Å². The average molecular weight is 600 g/mol. The maximum atomic E-state index is 14.4. The van der Waals surface area contributed by atoms with E-state index in [1.54, 1.807) is 18.2 Å². The highest BCUT2D eigenvalue weighted by atomic mass is 19.4. The SMILES string of the molecule is CO[C@](C(=O)N[C@@H](COC(=O)[C@](OC)(c1ccccc1)C(F)(F)F)COc1ccccc1)(c1ccccc1)C(F)(F)F. The number of carbonyl (C=O) groups excluding carboxylic acids is 2. The highest BCUT2D eigenvalue weighted by Gasteiger charge is 2.65. The van der Waals surface area contributed by atoms with Gasteiger partial charge in [-0.2, -0.15) is 26.3 Å². The highest BCUT2D eigenvalue weighted by molar-refractivity contribution is 5.88. The predicted molar refractivity (Wildman–Crippen MR) is 137 cm³/mol. The fraction of sp³-hybridized carbons (Fsp3) is 0.310. The standard InChI is InChI=1S/C29H27F6NO6/c1-39-26(28(30,31)32,20-12-6-3-7-13-20)24(37)36-22(18-41-23-16-10-5-11-17-23)19-42-25(38)27(40-2,29(33,34)35)21-14-8-4-9-15-21/h3-17,22H,18-19H2,1-2H3,(H,36,37)/t22-,26+,27-/m1/s1. The normalized spacial score (nSPS) is 15.5. The Morgan fingerprint density at radius 2 is 1.10 bits per heavy atom. The van der Waals surface area contributed by atoms with Gasteiger partial charge in [-0.15, -0.1) is 0 Å². The van der Waals surface area contributed by atoms with Gasteiger partial charge >= 0.3 is 18.3 Å². The largest absolute Gasteiger partial charge is 0.491 e. The maximum Gasteiger partial charge on any atom is 0.432 e. The zero-order valence-electron chi connectivity index (χ0n) is 22.4. The second kappa shape index (κ2) is 13.3. The Morgan fingerprint density at radius 3 is 1.52 bits per heavy atom. The highest BCUT2D eigenvalue weighted by Crippen LogP contribution is 2.44. The molecular formula is C29H27F6NO6. The first-order valence-corrected chi connectivity index (χ1v) is 12.3. The lowest BCUT2D eigenvalue weighted by atomic mass is 9.91. The lowest BCUT2D eigenvalue weighted by molar-refractivity contribution is -0.277. The van der Waals surface area contributed by atoms with Gasteiger partial charge in [0.15, 0.2) is 0 Å². The summed E-state index contributed by atoms with van der Waals surface area (Å²) >= 11 is 0. The minimum absolute atomic E-state index is 0.228. The fourth-order valence-electron chi connectivity index (χ4n) is 4.22. The number of amides is 1. The summed E-state index contributed by atoms with van der Waals surface area (Å²) in [7, 11) is 1.35. The van der Waals surface area contributed by atoms with Gasteiger partial charge in [0, 0.05) is 25.3 Å². The van der Waals surface area contributed by atoms with Crippen molar-refractivity contribution in [3.63, 3.8) is 0 Å². The number of alkyl halides is 6. The zero-order chi connectivity index (χ0) is 31.0. The van der Waals surface area contributed by atoms with Crippen molar-refractivity contribution < 1.29 is 54.9 Å². The molecule has 3 atom stereocenters. The second-order valence-corrected chi connectivity index (χ2v) is 8.89. The third kappa shape index (κ3) is 6.52. The minimum atomic E-state index is -5.30. The van der Waals surface area contributed by atoms with Crippen molar-refractivity contribution in [2.75, 3.05) is 27.4 Å². The molecular weight excluding hydrogens is 572 g/mol. The molecule has 0 saturated heterocycles. The van der Waals surface area contributed by atoms with Crippen LogP contribution in [0.1, 0.15) is 11.1 Å². The van der Waals surface area contributed by atoms with E-state index in [9.17, 15) is 35.9 Å². The number of nitrogens with one attached hydrogen (secondary N) is 1. The number of esters is 1. The van der Waals surface area contributed by atoms with E-state index in [2.05, 4.69) is 10.1 Å². The van der Waals surface area contributed by atoms with Crippen molar-refractivity contribution in [2.24, 2.45) is 0 Å². The molecule has 3 aromatic carbocycles. The Kier molecular flexibility index (Phi) is 10.2. The van der Waals surface area contributed by atoms with Crippen molar-refractivity contribution >= 4 is 11.9 Å². The van der Waals surface area contributed by atoms with Gasteiger partial charge in [0.25, 0.3) is 17.1 Å². The summed E-state index contributed by atoms with van der Waals surface area (Å²) in [6, 6.07) is 18.2. The van der Waals surface area contributed by atoms with Crippen LogP contribution in [0, 0.1) is 0 Å². The third-order valence-electron chi connectivity index (χ3n) is 6.32. The first-order chi connectivity index (χ1) is 19.8. The summed E-state index contributed by atoms with van der Waals surface area (Å²) in [5, 5.41) is 2.08. The van der Waals surface area contributed by atoms with Gasteiger partial charge in [0.2, 0.25) is 0 Å². The van der Waals surface area contributed by atoms with E-state index < -0.39 is 65.8 Å². The van der Waals surface area contributed by atoms with Crippen LogP contribution in [0.25, 0.3) is 0 Å². The van der Waals surface area contributed by atoms with Gasteiger partial charge in [-0.1, -0.05) is 78.9 Å². The average Bonchev–Trinajstić information content (AvgIpc) is 2.96. The molecule has 3 aromatic rings. The van der Waals surface area contributed by atoms with E-state index >= 15 is 0 Å². The predicted octanol–water partition coefficient (Wildman–Crippen LogP) is 5.30. The van der Waals surface area contributed by atoms with Gasteiger partial charge < -0.3 is 24.3 Å². The molecule has 226 valence electrons. The van der Waals surface area contributed by atoms with Gasteiger partial charge in [0.05, 0.1) is 6.04 Å². The van der Waals surface area contributed by atoms with E-state index in [1.807, 2.05) is 0 Å². The van der Waals surface area contributed by atoms with E-state index in [4.69, 9.17) is 14.2 Å². The molecule has 0 heterocycles. The van der Waals surface area contributed by atoms with Crippen LogP contribution in [-0.2, 0) is 35.0 Å². The molecule has 0 saturated carbocycles. The number of ether oxygens (including phenoxy) is 4. The number of methoxy groups -OCH3 is 2. The summed E-state index contributed by atoms with van der Waals surface area (Å²) in [6.07, 6.45) is -10.6. The number of para-hydroxylation sites is 1. The molecule has 0 aliphatic carbocycles. The molecule has 7 nitrogen and oxygen atoms in total. The van der Waals surface area contributed by atoms with Crippen molar-refractivity contribution in [3.05, 3.63) is 102 Å². The number of halogens is 6. The first kappa shape index (κ1) is 32.4. The molecule has 0 unspecified atom stereocenters. The first-order valence-electron chi connectivity index (χ1n) is 12.3. The third-order valence-corrected chi connectivity index (χ3v) is 6.32. The van der Waals surface area contributed by atoms with Gasteiger partial charge in [-0.05, 0) is 12.1 Å². The topological polar surface area (TPSA) is 83.1 Å². The van der Waals surface area contributed by atoms with Gasteiger partial charge in [-0.3, -0.25) is 4.79 Å². The van der Waals surface area contributed by atoms with Gasteiger partial charge in [-0.25, -0.2) is 4.79 Å². The molecule has 0 aromatic heterocycles.